The SMILES string of the molecule is CCCC(C)COc1ccc(F)cc1CO. The van der Waals surface area contributed by atoms with Gasteiger partial charge in [0.25, 0.3) is 0 Å². The summed E-state index contributed by atoms with van der Waals surface area (Å²) >= 11 is 0. The maximum atomic E-state index is 12.9. The molecule has 16 heavy (non-hydrogen) atoms. The summed E-state index contributed by atoms with van der Waals surface area (Å²) in [6.07, 6.45) is 2.23. The first-order chi connectivity index (χ1) is 7.67. The topological polar surface area (TPSA) is 29.5 Å². The van der Waals surface area contributed by atoms with E-state index in [1.165, 1.54) is 12.1 Å². The van der Waals surface area contributed by atoms with Crippen LogP contribution in [0, 0.1) is 11.7 Å². The van der Waals surface area contributed by atoms with E-state index in [-0.39, 0.29) is 12.4 Å². The summed E-state index contributed by atoms with van der Waals surface area (Å²) in [5.41, 5.74) is 0.503. The van der Waals surface area contributed by atoms with Gasteiger partial charge in [-0.1, -0.05) is 20.3 Å². The van der Waals surface area contributed by atoms with Crippen molar-refractivity contribution in [2.45, 2.75) is 33.3 Å². The molecule has 0 aliphatic heterocycles. The molecule has 0 saturated carbocycles. The van der Waals surface area contributed by atoms with Crippen molar-refractivity contribution in [1.82, 2.24) is 0 Å². The number of aliphatic hydroxyl groups excluding tert-OH is 1. The van der Waals surface area contributed by atoms with E-state index in [0.717, 1.165) is 12.8 Å². The van der Waals surface area contributed by atoms with Crippen LogP contribution in [0.25, 0.3) is 0 Å². The Kier molecular flexibility index (Phi) is 5.26. The van der Waals surface area contributed by atoms with Gasteiger partial charge in [0.2, 0.25) is 0 Å². The zero-order valence-corrected chi connectivity index (χ0v) is 9.87. The van der Waals surface area contributed by atoms with Gasteiger partial charge in [0.05, 0.1) is 13.2 Å². The van der Waals surface area contributed by atoms with Crippen LogP contribution in [0.2, 0.25) is 0 Å². The summed E-state index contributed by atoms with van der Waals surface area (Å²) in [6, 6.07) is 4.22. The Labute approximate surface area is 96.1 Å². The maximum absolute atomic E-state index is 12.9. The fraction of sp³-hybridized carbons (Fsp3) is 0.538. The molecule has 0 aliphatic carbocycles. The van der Waals surface area contributed by atoms with Gasteiger partial charge in [0.15, 0.2) is 0 Å². The van der Waals surface area contributed by atoms with Crippen molar-refractivity contribution in [2.24, 2.45) is 5.92 Å². The van der Waals surface area contributed by atoms with Crippen molar-refractivity contribution in [3.8, 4) is 5.75 Å². The lowest BCUT2D eigenvalue weighted by Gasteiger charge is -2.14. The smallest absolute Gasteiger partial charge is 0.125 e. The Bertz CT molecular complexity index is 326. The standard InChI is InChI=1S/C13H19FO2/c1-3-4-10(2)9-16-13-6-5-12(14)7-11(13)8-15/h5-7,10,15H,3-4,8-9H2,1-2H3. The number of hydrogen-bond donors (Lipinski definition) is 1. The van der Waals surface area contributed by atoms with E-state index < -0.39 is 0 Å². The molecule has 0 spiro atoms. The highest BCUT2D eigenvalue weighted by molar-refractivity contribution is 5.33. The Morgan fingerprint density at radius 2 is 2.19 bits per heavy atom. The van der Waals surface area contributed by atoms with E-state index >= 15 is 0 Å². The number of benzene rings is 1. The molecule has 0 fully saturated rings. The second-order valence-corrected chi connectivity index (χ2v) is 4.12. The van der Waals surface area contributed by atoms with E-state index in [1.807, 2.05) is 0 Å². The zero-order valence-electron chi connectivity index (χ0n) is 9.87. The van der Waals surface area contributed by atoms with Crippen LogP contribution in [-0.2, 0) is 6.61 Å². The predicted molar refractivity (Wildman–Crippen MR) is 61.9 cm³/mol. The summed E-state index contributed by atoms with van der Waals surface area (Å²) in [7, 11) is 0. The fourth-order valence-electron chi connectivity index (χ4n) is 1.62. The van der Waals surface area contributed by atoms with Gasteiger partial charge in [-0.2, -0.15) is 0 Å². The van der Waals surface area contributed by atoms with E-state index in [9.17, 15) is 4.39 Å². The lowest BCUT2D eigenvalue weighted by Crippen LogP contribution is -2.09. The lowest BCUT2D eigenvalue weighted by atomic mass is 10.1. The second-order valence-electron chi connectivity index (χ2n) is 4.12. The Morgan fingerprint density at radius 1 is 1.44 bits per heavy atom. The highest BCUT2D eigenvalue weighted by Crippen LogP contribution is 2.20. The summed E-state index contributed by atoms with van der Waals surface area (Å²) in [5.74, 6) is 0.700. The average molecular weight is 226 g/mol. The molecule has 1 aromatic carbocycles. The first-order valence-electron chi connectivity index (χ1n) is 5.69. The molecule has 2 nitrogen and oxygen atoms in total. The maximum Gasteiger partial charge on any atom is 0.125 e. The normalized spacial score (nSPS) is 12.5. The summed E-state index contributed by atoms with van der Waals surface area (Å²) in [4.78, 5) is 0. The molecule has 90 valence electrons. The Balaban J connectivity index is 2.59. The van der Waals surface area contributed by atoms with Gasteiger partial charge in [-0.3, -0.25) is 0 Å². The number of rotatable bonds is 6. The van der Waals surface area contributed by atoms with E-state index in [0.29, 0.717) is 23.8 Å². The predicted octanol–water partition coefficient (Wildman–Crippen LogP) is 3.13. The van der Waals surface area contributed by atoms with E-state index in [2.05, 4.69) is 13.8 Å². The van der Waals surface area contributed by atoms with Crippen molar-refractivity contribution < 1.29 is 14.2 Å². The van der Waals surface area contributed by atoms with Crippen LogP contribution in [-0.4, -0.2) is 11.7 Å². The van der Waals surface area contributed by atoms with E-state index in [4.69, 9.17) is 9.84 Å². The third kappa shape index (κ3) is 3.81. The van der Waals surface area contributed by atoms with Crippen molar-refractivity contribution in [3.63, 3.8) is 0 Å². The van der Waals surface area contributed by atoms with Crippen molar-refractivity contribution in [3.05, 3.63) is 29.6 Å². The molecular formula is C13H19FO2. The van der Waals surface area contributed by atoms with Crippen LogP contribution in [0.15, 0.2) is 18.2 Å². The fourth-order valence-corrected chi connectivity index (χ4v) is 1.62. The van der Waals surface area contributed by atoms with Crippen LogP contribution in [0.5, 0.6) is 5.75 Å². The van der Waals surface area contributed by atoms with Crippen LogP contribution < -0.4 is 4.74 Å². The highest BCUT2D eigenvalue weighted by Gasteiger charge is 2.07. The second kappa shape index (κ2) is 6.48. The minimum atomic E-state index is -0.349. The minimum Gasteiger partial charge on any atom is -0.493 e. The Morgan fingerprint density at radius 3 is 2.81 bits per heavy atom. The molecule has 1 aromatic rings. The van der Waals surface area contributed by atoms with E-state index in [1.54, 1.807) is 6.07 Å². The molecule has 0 saturated heterocycles. The van der Waals surface area contributed by atoms with Crippen molar-refractivity contribution >= 4 is 0 Å². The summed E-state index contributed by atoms with van der Waals surface area (Å²) in [6.45, 7) is 4.65. The number of aliphatic hydroxyl groups is 1. The third-order valence-electron chi connectivity index (χ3n) is 2.50. The van der Waals surface area contributed by atoms with Gasteiger partial charge in [-0.15, -0.1) is 0 Å². The largest absolute Gasteiger partial charge is 0.493 e. The molecule has 0 amide bonds. The van der Waals surface area contributed by atoms with Gasteiger partial charge in [0.1, 0.15) is 11.6 Å². The molecule has 0 heterocycles. The molecular weight excluding hydrogens is 207 g/mol. The monoisotopic (exact) mass is 226 g/mol. The Hall–Kier alpha value is -1.09. The molecule has 0 aromatic heterocycles. The van der Waals surface area contributed by atoms with Gasteiger partial charge in [0, 0.05) is 5.56 Å². The summed E-state index contributed by atoms with van der Waals surface area (Å²) < 4.78 is 18.5. The quantitative estimate of drug-likeness (QED) is 0.807. The highest BCUT2D eigenvalue weighted by atomic mass is 19.1. The zero-order chi connectivity index (χ0) is 12.0. The average Bonchev–Trinajstić information content (AvgIpc) is 2.27. The van der Waals surface area contributed by atoms with Crippen molar-refractivity contribution in [2.75, 3.05) is 6.61 Å². The van der Waals surface area contributed by atoms with Gasteiger partial charge in [-0.25, -0.2) is 4.39 Å². The van der Waals surface area contributed by atoms with Crippen LogP contribution in [0.1, 0.15) is 32.3 Å². The summed E-state index contributed by atoms with van der Waals surface area (Å²) in [5, 5.41) is 9.06. The molecule has 1 atom stereocenters. The molecule has 0 radical (unpaired) electrons. The molecule has 0 bridgehead atoms. The number of halogens is 1. The van der Waals surface area contributed by atoms with Gasteiger partial charge < -0.3 is 9.84 Å². The van der Waals surface area contributed by atoms with Gasteiger partial charge >= 0.3 is 0 Å². The number of ether oxygens (including phenoxy) is 1. The minimum absolute atomic E-state index is 0.199. The van der Waals surface area contributed by atoms with Gasteiger partial charge in [-0.05, 0) is 30.5 Å². The molecule has 1 rings (SSSR count). The molecule has 3 heteroatoms. The van der Waals surface area contributed by atoms with Crippen molar-refractivity contribution in [1.29, 1.82) is 0 Å². The third-order valence-corrected chi connectivity index (χ3v) is 2.50. The first kappa shape index (κ1) is 13.0. The first-order valence-corrected chi connectivity index (χ1v) is 5.69. The molecule has 1 N–H and O–H groups in total. The number of hydrogen-bond acceptors (Lipinski definition) is 2. The van der Waals surface area contributed by atoms with Crippen LogP contribution in [0.4, 0.5) is 4.39 Å². The lowest BCUT2D eigenvalue weighted by molar-refractivity contribution is 0.233. The van der Waals surface area contributed by atoms with Crippen LogP contribution in [0.3, 0.4) is 0 Å². The van der Waals surface area contributed by atoms with Crippen LogP contribution >= 0.6 is 0 Å². The molecule has 0 aliphatic rings. The molecule has 1 unspecified atom stereocenters.